The SMILES string of the molecule is Cc1cc(-c2cc(C)c(OC(=O)COCCP(=O)(O)O)c(C)c2)cc(C)c1OC(=O)COCCP(=O)(O)O. The Kier molecular flexibility index (Phi) is 11.4. The summed E-state index contributed by atoms with van der Waals surface area (Å²) in [5.74, 6) is -0.679. The second kappa shape index (κ2) is 13.6. The van der Waals surface area contributed by atoms with E-state index in [-0.39, 0.29) is 13.2 Å². The topological polar surface area (TPSA) is 186 Å². The Bertz CT molecular complexity index is 1120. The van der Waals surface area contributed by atoms with Crippen molar-refractivity contribution in [3.8, 4) is 22.6 Å². The highest BCUT2D eigenvalue weighted by molar-refractivity contribution is 7.52. The largest absolute Gasteiger partial charge is 0.424 e. The lowest BCUT2D eigenvalue weighted by molar-refractivity contribution is -0.140. The standard InChI is InChI=1S/C24H32O12P2/c1-15-9-19(10-16(2)23(15)35-21(25)13-33-5-7-37(27,28)29)20-11-17(3)24(18(4)12-20)36-22(26)14-34-6-8-38(30,31)32/h9-12H,5-8,13-14H2,1-4H3,(H2,27,28,29)(H2,30,31,32). The van der Waals surface area contributed by atoms with E-state index in [1.165, 1.54) is 0 Å². The highest BCUT2D eigenvalue weighted by atomic mass is 31.2. The maximum atomic E-state index is 12.1. The molecule has 0 amide bonds. The van der Waals surface area contributed by atoms with Crippen LogP contribution < -0.4 is 9.47 Å². The quantitative estimate of drug-likeness (QED) is 0.119. The van der Waals surface area contributed by atoms with Crippen molar-refractivity contribution in [3.05, 3.63) is 46.5 Å². The fourth-order valence-electron chi connectivity index (χ4n) is 3.52. The third-order valence-corrected chi connectivity index (χ3v) is 6.71. The van der Waals surface area contributed by atoms with Crippen LogP contribution in [0.4, 0.5) is 0 Å². The average molecular weight is 574 g/mol. The molecule has 0 atom stereocenters. The van der Waals surface area contributed by atoms with Crippen molar-refractivity contribution in [1.82, 2.24) is 0 Å². The van der Waals surface area contributed by atoms with Crippen LogP contribution in [0.15, 0.2) is 24.3 Å². The molecule has 210 valence electrons. The predicted molar refractivity (Wildman–Crippen MR) is 138 cm³/mol. The molecule has 0 radical (unpaired) electrons. The molecule has 0 aliphatic rings. The number of carbonyl (C=O) groups is 2. The predicted octanol–water partition coefficient (Wildman–Crippen LogP) is 2.79. The lowest BCUT2D eigenvalue weighted by atomic mass is 9.96. The van der Waals surface area contributed by atoms with Crippen LogP contribution >= 0.6 is 15.2 Å². The minimum Gasteiger partial charge on any atom is -0.424 e. The van der Waals surface area contributed by atoms with Gasteiger partial charge >= 0.3 is 27.1 Å². The number of carbonyl (C=O) groups excluding carboxylic acids is 2. The van der Waals surface area contributed by atoms with Crippen LogP contribution in [0.2, 0.25) is 0 Å². The van der Waals surface area contributed by atoms with Gasteiger partial charge in [-0.1, -0.05) is 0 Å². The zero-order valence-corrected chi connectivity index (χ0v) is 23.3. The van der Waals surface area contributed by atoms with Crippen molar-refractivity contribution in [2.75, 3.05) is 38.8 Å². The third kappa shape index (κ3) is 10.8. The Balaban J connectivity index is 2.06. The highest BCUT2D eigenvalue weighted by Gasteiger charge is 2.18. The fraction of sp³-hybridized carbons (Fsp3) is 0.417. The smallest absolute Gasteiger partial charge is 0.337 e. The Morgan fingerprint density at radius 2 is 0.921 bits per heavy atom. The molecule has 2 aromatic rings. The summed E-state index contributed by atoms with van der Waals surface area (Å²) in [5.41, 5.74) is 4.40. The first-order chi connectivity index (χ1) is 17.6. The Morgan fingerprint density at radius 1 is 0.632 bits per heavy atom. The second-order valence-electron chi connectivity index (χ2n) is 8.71. The van der Waals surface area contributed by atoms with E-state index in [1.54, 1.807) is 27.7 Å². The zero-order chi connectivity index (χ0) is 28.7. The van der Waals surface area contributed by atoms with Crippen LogP contribution in [-0.4, -0.2) is 70.3 Å². The molecule has 0 aliphatic heterocycles. The minimum atomic E-state index is -4.20. The van der Waals surface area contributed by atoms with Gasteiger partial charge in [0.25, 0.3) is 0 Å². The van der Waals surface area contributed by atoms with E-state index in [0.29, 0.717) is 33.8 Å². The monoisotopic (exact) mass is 574 g/mol. The molecule has 2 aromatic carbocycles. The molecule has 0 saturated heterocycles. The molecule has 0 spiro atoms. The van der Waals surface area contributed by atoms with Crippen molar-refractivity contribution in [2.45, 2.75) is 27.7 Å². The number of esters is 2. The van der Waals surface area contributed by atoms with Crippen molar-refractivity contribution in [3.63, 3.8) is 0 Å². The molecule has 0 heterocycles. The molecule has 12 nitrogen and oxygen atoms in total. The van der Waals surface area contributed by atoms with E-state index >= 15 is 0 Å². The maximum absolute atomic E-state index is 12.1. The van der Waals surface area contributed by atoms with Crippen LogP contribution in [-0.2, 0) is 28.2 Å². The van der Waals surface area contributed by atoms with Gasteiger partial charge in [0.15, 0.2) is 0 Å². The van der Waals surface area contributed by atoms with E-state index in [4.69, 9.17) is 38.5 Å². The van der Waals surface area contributed by atoms with Crippen LogP contribution in [0.1, 0.15) is 22.3 Å². The molecule has 14 heteroatoms. The van der Waals surface area contributed by atoms with Gasteiger partial charge in [-0.25, -0.2) is 9.59 Å². The van der Waals surface area contributed by atoms with Crippen LogP contribution in [0.3, 0.4) is 0 Å². The summed E-state index contributed by atoms with van der Waals surface area (Å²) >= 11 is 0. The summed E-state index contributed by atoms with van der Waals surface area (Å²) in [6, 6.07) is 7.33. The number of ether oxygens (including phenoxy) is 4. The summed E-state index contributed by atoms with van der Waals surface area (Å²) in [7, 11) is -8.40. The number of aryl methyl sites for hydroxylation is 4. The van der Waals surface area contributed by atoms with Gasteiger partial charge in [-0.2, -0.15) is 0 Å². The van der Waals surface area contributed by atoms with E-state index in [0.717, 1.165) is 11.1 Å². The molecule has 0 bridgehead atoms. The van der Waals surface area contributed by atoms with Crippen LogP contribution in [0.5, 0.6) is 11.5 Å². The lowest BCUT2D eigenvalue weighted by Gasteiger charge is -2.16. The summed E-state index contributed by atoms with van der Waals surface area (Å²) in [6.07, 6.45) is -0.978. The maximum Gasteiger partial charge on any atom is 0.337 e. The van der Waals surface area contributed by atoms with E-state index in [9.17, 15) is 18.7 Å². The zero-order valence-electron chi connectivity index (χ0n) is 21.5. The first-order valence-corrected chi connectivity index (χ1v) is 15.0. The normalized spacial score (nSPS) is 11.9. The number of benzene rings is 2. The molecule has 38 heavy (non-hydrogen) atoms. The molecule has 2 rings (SSSR count). The van der Waals surface area contributed by atoms with E-state index in [2.05, 4.69) is 0 Å². The van der Waals surface area contributed by atoms with Gasteiger partial charge in [-0.3, -0.25) is 9.13 Å². The van der Waals surface area contributed by atoms with Crippen molar-refractivity contribution in [1.29, 1.82) is 0 Å². The van der Waals surface area contributed by atoms with Gasteiger partial charge in [-0.05, 0) is 85.3 Å². The van der Waals surface area contributed by atoms with Gasteiger partial charge in [0.05, 0.1) is 25.5 Å². The van der Waals surface area contributed by atoms with Gasteiger partial charge in [0.2, 0.25) is 0 Å². The average Bonchev–Trinajstić information content (AvgIpc) is 2.77. The first kappa shape index (κ1) is 31.8. The van der Waals surface area contributed by atoms with Crippen molar-refractivity contribution in [2.24, 2.45) is 0 Å². The Hall–Kier alpha value is -2.40. The van der Waals surface area contributed by atoms with Crippen LogP contribution in [0, 0.1) is 27.7 Å². The third-order valence-electron chi connectivity index (χ3n) is 5.18. The molecule has 0 saturated carbocycles. The van der Waals surface area contributed by atoms with Crippen molar-refractivity contribution < 1.29 is 57.2 Å². The number of hydrogen-bond donors (Lipinski definition) is 4. The van der Waals surface area contributed by atoms with Gasteiger partial charge in [-0.15, -0.1) is 0 Å². The molecular weight excluding hydrogens is 542 g/mol. The van der Waals surface area contributed by atoms with Crippen LogP contribution in [0.25, 0.3) is 11.1 Å². The van der Waals surface area contributed by atoms with Crippen molar-refractivity contribution >= 4 is 27.1 Å². The van der Waals surface area contributed by atoms with Gasteiger partial charge in [0.1, 0.15) is 24.7 Å². The Morgan fingerprint density at radius 3 is 1.18 bits per heavy atom. The molecule has 0 aromatic heterocycles. The minimum absolute atomic E-state index is 0.274. The molecule has 0 fully saturated rings. The summed E-state index contributed by atoms with van der Waals surface area (Å²) in [6.45, 7) is 5.65. The van der Waals surface area contributed by atoms with Gasteiger partial charge < -0.3 is 38.5 Å². The number of hydrogen-bond acceptors (Lipinski definition) is 8. The molecule has 0 unspecified atom stereocenters. The fourth-order valence-corrected chi connectivity index (χ4v) is 4.25. The summed E-state index contributed by atoms with van der Waals surface area (Å²) < 4.78 is 42.4. The highest BCUT2D eigenvalue weighted by Crippen LogP contribution is 2.35. The first-order valence-electron chi connectivity index (χ1n) is 11.4. The molecular formula is C24H32O12P2. The Labute approximate surface area is 220 Å². The lowest BCUT2D eigenvalue weighted by Crippen LogP contribution is -2.18. The van der Waals surface area contributed by atoms with Gasteiger partial charge in [0, 0.05) is 0 Å². The summed E-state index contributed by atoms with van der Waals surface area (Å²) in [5, 5.41) is 0. The number of rotatable bonds is 13. The second-order valence-corrected chi connectivity index (χ2v) is 12.3. The van der Waals surface area contributed by atoms with E-state index in [1.807, 2.05) is 24.3 Å². The molecule has 4 N–H and O–H groups in total. The molecule has 0 aliphatic carbocycles. The summed E-state index contributed by atoms with van der Waals surface area (Å²) in [4.78, 5) is 59.5. The van der Waals surface area contributed by atoms with E-state index < -0.39 is 52.7 Å².